The third-order valence-corrected chi connectivity index (χ3v) is 3.58. The Hall–Kier alpha value is -1.55. The van der Waals surface area contributed by atoms with Crippen LogP contribution in [-0.2, 0) is 0 Å². The Bertz CT molecular complexity index is 603. The van der Waals surface area contributed by atoms with Crippen molar-refractivity contribution < 1.29 is 4.79 Å². The highest BCUT2D eigenvalue weighted by Crippen LogP contribution is 2.32. The van der Waals surface area contributed by atoms with E-state index in [1.165, 1.54) is 12.8 Å². The van der Waals surface area contributed by atoms with Crippen molar-refractivity contribution in [2.45, 2.75) is 25.8 Å². The van der Waals surface area contributed by atoms with Crippen molar-refractivity contribution in [1.82, 2.24) is 15.3 Å². The first-order valence-electron chi connectivity index (χ1n) is 6.09. The fraction of sp³-hybridized carbons (Fsp3) is 0.385. The van der Waals surface area contributed by atoms with Crippen molar-refractivity contribution in [3.8, 4) is 0 Å². The van der Waals surface area contributed by atoms with Gasteiger partial charge in [0, 0.05) is 11.6 Å². The monoisotopic (exact) mass is 263 g/mol. The summed E-state index contributed by atoms with van der Waals surface area (Å²) in [6.45, 7) is 2.06. The molecule has 1 aliphatic carbocycles. The summed E-state index contributed by atoms with van der Waals surface area (Å²) in [4.78, 5) is 19.1. The van der Waals surface area contributed by atoms with Gasteiger partial charge in [-0.2, -0.15) is 0 Å². The minimum absolute atomic E-state index is 0.0398. The molecule has 2 N–H and O–H groups in total. The minimum Gasteiger partial charge on any atom is -0.349 e. The summed E-state index contributed by atoms with van der Waals surface area (Å²) in [6.07, 6.45) is 2.44. The van der Waals surface area contributed by atoms with Crippen molar-refractivity contribution in [3.05, 3.63) is 29.0 Å². The number of fused-ring (bicyclic) bond motifs is 1. The first kappa shape index (κ1) is 11.5. The van der Waals surface area contributed by atoms with Crippen LogP contribution < -0.4 is 5.32 Å². The van der Waals surface area contributed by atoms with E-state index in [1.807, 2.05) is 0 Å². The number of carbonyl (C=O) groups is 1. The van der Waals surface area contributed by atoms with Crippen LogP contribution in [0.2, 0.25) is 5.28 Å². The fourth-order valence-electron chi connectivity index (χ4n) is 2.12. The molecule has 1 atom stereocenters. The van der Waals surface area contributed by atoms with E-state index in [0.29, 0.717) is 16.8 Å². The lowest BCUT2D eigenvalue weighted by Gasteiger charge is -2.12. The summed E-state index contributed by atoms with van der Waals surface area (Å²) in [7, 11) is 0. The molecule has 1 aliphatic rings. The fourth-order valence-corrected chi connectivity index (χ4v) is 2.32. The van der Waals surface area contributed by atoms with Gasteiger partial charge in [0.1, 0.15) is 0 Å². The van der Waals surface area contributed by atoms with Crippen LogP contribution in [0, 0.1) is 5.92 Å². The van der Waals surface area contributed by atoms with Crippen LogP contribution in [0.15, 0.2) is 18.2 Å². The van der Waals surface area contributed by atoms with E-state index in [2.05, 4.69) is 22.2 Å². The number of imidazole rings is 1. The minimum atomic E-state index is -0.0398. The van der Waals surface area contributed by atoms with Crippen LogP contribution >= 0.6 is 11.6 Å². The number of hydrogen-bond acceptors (Lipinski definition) is 2. The number of aromatic amines is 1. The molecular weight excluding hydrogens is 250 g/mol. The van der Waals surface area contributed by atoms with E-state index in [-0.39, 0.29) is 11.9 Å². The predicted molar refractivity (Wildman–Crippen MR) is 70.8 cm³/mol. The van der Waals surface area contributed by atoms with Gasteiger partial charge in [0.15, 0.2) is 0 Å². The Morgan fingerprint density at radius 1 is 1.56 bits per heavy atom. The molecule has 1 amide bonds. The Morgan fingerprint density at radius 2 is 2.33 bits per heavy atom. The van der Waals surface area contributed by atoms with Gasteiger partial charge >= 0.3 is 0 Å². The van der Waals surface area contributed by atoms with Gasteiger partial charge in [0.2, 0.25) is 5.28 Å². The van der Waals surface area contributed by atoms with E-state index in [1.54, 1.807) is 18.2 Å². The van der Waals surface area contributed by atoms with Crippen molar-refractivity contribution in [2.75, 3.05) is 0 Å². The van der Waals surface area contributed by atoms with Crippen LogP contribution in [0.1, 0.15) is 30.1 Å². The van der Waals surface area contributed by atoms with Gasteiger partial charge in [0.25, 0.3) is 5.91 Å². The summed E-state index contributed by atoms with van der Waals surface area (Å²) in [5.41, 5.74) is 2.19. The molecule has 18 heavy (non-hydrogen) atoms. The molecule has 4 nitrogen and oxygen atoms in total. The highest BCUT2D eigenvalue weighted by atomic mass is 35.5. The number of amides is 1. The molecule has 0 saturated heterocycles. The Kier molecular flexibility index (Phi) is 2.74. The standard InChI is InChI=1S/C13H14ClN3O/c1-7(8-2-3-8)15-12(18)9-4-5-10-11(6-9)17-13(14)16-10/h4-8H,2-3H2,1H3,(H,15,18)(H,16,17)/t7-/m1/s1. The number of nitrogens with zero attached hydrogens (tertiary/aromatic N) is 1. The highest BCUT2D eigenvalue weighted by Gasteiger charge is 2.29. The van der Waals surface area contributed by atoms with Gasteiger partial charge < -0.3 is 10.3 Å². The summed E-state index contributed by atoms with van der Waals surface area (Å²) >= 11 is 5.78. The zero-order valence-electron chi connectivity index (χ0n) is 10.0. The number of carbonyl (C=O) groups excluding carboxylic acids is 1. The molecule has 1 saturated carbocycles. The lowest BCUT2D eigenvalue weighted by molar-refractivity contribution is 0.0936. The Labute approximate surface area is 110 Å². The number of halogens is 1. The molecule has 1 aromatic carbocycles. The quantitative estimate of drug-likeness (QED) is 0.895. The number of rotatable bonds is 3. The molecule has 1 heterocycles. The SMILES string of the molecule is C[C@@H](NC(=O)c1ccc2nc(Cl)[nH]c2c1)C1CC1. The second-order valence-electron chi connectivity index (χ2n) is 4.86. The Balaban J connectivity index is 1.81. The van der Waals surface area contributed by atoms with Gasteiger partial charge in [-0.3, -0.25) is 4.79 Å². The molecule has 2 aromatic rings. The summed E-state index contributed by atoms with van der Waals surface area (Å²) < 4.78 is 0. The van der Waals surface area contributed by atoms with E-state index in [0.717, 1.165) is 11.0 Å². The predicted octanol–water partition coefficient (Wildman–Crippen LogP) is 2.74. The van der Waals surface area contributed by atoms with Gasteiger partial charge in [0.05, 0.1) is 11.0 Å². The molecule has 1 fully saturated rings. The zero-order chi connectivity index (χ0) is 12.7. The lowest BCUT2D eigenvalue weighted by atomic mass is 10.1. The van der Waals surface area contributed by atoms with Crippen LogP contribution in [0.4, 0.5) is 0 Å². The van der Waals surface area contributed by atoms with Crippen molar-refractivity contribution in [2.24, 2.45) is 5.92 Å². The van der Waals surface area contributed by atoms with Gasteiger partial charge in [-0.1, -0.05) is 0 Å². The topological polar surface area (TPSA) is 57.8 Å². The highest BCUT2D eigenvalue weighted by molar-refractivity contribution is 6.29. The molecule has 0 aliphatic heterocycles. The smallest absolute Gasteiger partial charge is 0.251 e. The number of aromatic nitrogens is 2. The van der Waals surface area contributed by atoms with E-state index in [4.69, 9.17) is 11.6 Å². The molecule has 0 radical (unpaired) electrons. The van der Waals surface area contributed by atoms with Crippen molar-refractivity contribution in [3.63, 3.8) is 0 Å². The van der Waals surface area contributed by atoms with Gasteiger partial charge in [-0.15, -0.1) is 0 Å². The average Bonchev–Trinajstić information content (AvgIpc) is 3.10. The summed E-state index contributed by atoms with van der Waals surface area (Å²) in [5.74, 6) is 0.612. The van der Waals surface area contributed by atoms with Crippen LogP contribution in [-0.4, -0.2) is 21.9 Å². The van der Waals surface area contributed by atoms with E-state index in [9.17, 15) is 4.79 Å². The molecule has 0 bridgehead atoms. The zero-order valence-corrected chi connectivity index (χ0v) is 10.8. The Morgan fingerprint density at radius 3 is 3.06 bits per heavy atom. The number of benzene rings is 1. The number of hydrogen-bond donors (Lipinski definition) is 2. The largest absolute Gasteiger partial charge is 0.349 e. The van der Waals surface area contributed by atoms with E-state index >= 15 is 0 Å². The third kappa shape index (κ3) is 2.20. The first-order valence-corrected chi connectivity index (χ1v) is 6.47. The molecular formula is C13H14ClN3O. The molecule has 94 valence electrons. The molecule has 0 spiro atoms. The molecule has 3 rings (SSSR count). The van der Waals surface area contributed by atoms with Crippen LogP contribution in [0.3, 0.4) is 0 Å². The normalized spacial score (nSPS) is 16.8. The van der Waals surface area contributed by atoms with Crippen molar-refractivity contribution in [1.29, 1.82) is 0 Å². The van der Waals surface area contributed by atoms with E-state index < -0.39 is 0 Å². The molecule has 5 heteroatoms. The second-order valence-corrected chi connectivity index (χ2v) is 5.22. The third-order valence-electron chi connectivity index (χ3n) is 3.40. The average molecular weight is 264 g/mol. The second kappa shape index (κ2) is 4.28. The maximum absolute atomic E-state index is 12.1. The summed E-state index contributed by atoms with van der Waals surface area (Å²) in [5, 5.41) is 3.36. The lowest BCUT2D eigenvalue weighted by Crippen LogP contribution is -2.33. The van der Waals surface area contributed by atoms with Crippen LogP contribution in [0.25, 0.3) is 11.0 Å². The van der Waals surface area contributed by atoms with Gasteiger partial charge in [-0.05, 0) is 55.5 Å². The number of H-pyrrole nitrogens is 1. The van der Waals surface area contributed by atoms with Crippen LogP contribution in [0.5, 0.6) is 0 Å². The molecule has 0 unspecified atom stereocenters. The van der Waals surface area contributed by atoms with Crippen molar-refractivity contribution >= 4 is 28.5 Å². The maximum atomic E-state index is 12.1. The number of nitrogens with one attached hydrogen (secondary N) is 2. The first-order chi connectivity index (χ1) is 8.63. The molecule has 1 aromatic heterocycles. The summed E-state index contributed by atoms with van der Waals surface area (Å²) in [6, 6.07) is 5.60. The maximum Gasteiger partial charge on any atom is 0.251 e. The van der Waals surface area contributed by atoms with Gasteiger partial charge in [-0.25, -0.2) is 4.98 Å².